The van der Waals surface area contributed by atoms with Crippen LogP contribution in [0.1, 0.15) is 81.2 Å². The largest absolute Gasteiger partial charge is 0.342 e. The van der Waals surface area contributed by atoms with E-state index in [2.05, 4.69) is 5.10 Å². The minimum absolute atomic E-state index is 0.101. The molecule has 0 spiro atoms. The number of piperidine rings is 1. The molecule has 2 aromatic rings. The summed E-state index contributed by atoms with van der Waals surface area (Å²) >= 11 is 0. The van der Waals surface area contributed by atoms with Gasteiger partial charge in [-0.2, -0.15) is 0 Å². The van der Waals surface area contributed by atoms with E-state index in [1.807, 2.05) is 17.9 Å². The molecule has 1 aliphatic carbocycles. The van der Waals surface area contributed by atoms with Crippen molar-refractivity contribution >= 4 is 17.5 Å². The van der Waals surface area contributed by atoms with Crippen LogP contribution in [0.15, 0.2) is 10.9 Å². The molecule has 1 N–H and O–H groups in total. The van der Waals surface area contributed by atoms with Gasteiger partial charge < -0.3 is 9.80 Å². The second-order valence-corrected chi connectivity index (χ2v) is 9.67. The van der Waals surface area contributed by atoms with Gasteiger partial charge in [-0.15, -0.1) is 0 Å². The first-order valence-corrected chi connectivity index (χ1v) is 12.2. The highest BCUT2D eigenvalue weighted by molar-refractivity contribution is 5.79. The van der Waals surface area contributed by atoms with Gasteiger partial charge in [0.25, 0.3) is 5.56 Å². The highest BCUT2D eigenvalue weighted by Gasteiger charge is 2.32. The Labute approximate surface area is 188 Å². The molecule has 5 rings (SSSR count). The number of aromatic nitrogens is 3. The lowest BCUT2D eigenvalue weighted by Gasteiger charge is -2.34. The predicted octanol–water partition coefficient (Wildman–Crippen LogP) is 2.60. The number of likely N-dealkylation sites (tertiary alicyclic amines) is 1. The predicted molar refractivity (Wildman–Crippen MR) is 120 cm³/mol. The van der Waals surface area contributed by atoms with Gasteiger partial charge in [0.2, 0.25) is 11.8 Å². The summed E-state index contributed by atoms with van der Waals surface area (Å²) in [6.07, 6.45) is 8.28. The maximum atomic E-state index is 13.2. The van der Waals surface area contributed by atoms with Gasteiger partial charge in [0.1, 0.15) is 0 Å². The number of H-pyrrole nitrogens is 1. The Morgan fingerprint density at radius 2 is 1.94 bits per heavy atom. The monoisotopic (exact) mass is 439 g/mol. The Hall–Kier alpha value is -2.64. The fraction of sp³-hybridized carbons (Fsp3) is 0.667. The molecule has 3 aliphatic rings. The molecule has 2 fully saturated rings. The summed E-state index contributed by atoms with van der Waals surface area (Å²) < 4.78 is 1.53. The van der Waals surface area contributed by atoms with E-state index < -0.39 is 0 Å². The Morgan fingerprint density at radius 3 is 2.72 bits per heavy atom. The topological polar surface area (TPSA) is 90.8 Å². The quantitative estimate of drug-likeness (QED) is 0.793. The number of nitrogens with one attached hydrogen (secondary N) is 1. The minimum atomic E-state index is -0.111. The number of aromatic amines is 1. The Balaban J connectivity index is 1.38. The fourth-order valence-electron chi connectivity index (χ4n) is 5.66. The Morgan fingerprint density at radius 1 is 1.12 bits per heavy atom. The summed E-state index contributed by atoms with van der Waals surface area (Å²) in [6.45, 7) is 4.48. The molecule has 8 nitrogen and oxygen atoms in total. The van der Waals surface area contributed by atoms with Crippen molar-refractivity contribution in [1.29, 1.82) is 0 Å². The Kier molecular flexibility index (Phi) is 5.78. The van der Waals surface area contributed by atoms with Crippen LogP contribution >= 0.6 is 0 Å². The lowest BCUT2D eigenvalue weighted by atomic mass is 9.93. The number of hydrogen-bond donors (Lipinski definition) is 1. The van der Waals surface area contributed by atoms with Crippen molar-refractivity contribution in [2.45, 2.75) is 77.2 Å². The van der Waals surface area contributed by atoms with Crippen LogP contribution in [0.4, 0.5) is 0 Å². The van der Waals surface area contributed by atoms with E-state index in [1.54, 1.807) is 4.90 Å². The SMILES string of the molecule is CCCC(=O)N1CCc2nc3cc([C@@H]4CCCN(C(=O)C5CCCC5)C4)[nH]n3c(=O)c2C1. The van der Waals surface area contributed by atoms with E-state index >= 15 is 0 Å². The lowest BCUT2D eigenvalue weighted by molar-refractivity contribution is -0.136. The first-order chi connectivity index (χ1) is 15.5. The summed E-state index contributed by atoms with van der Waals surface area (Å²) in [5, 5.41) is 3.28. The standard InChI is InChI=1S/C24H33N5O3/c1-2-6-22(30)27-12-10-19-18(15-27)24(32)29-21(25-19)13-20(26-29)17-9-5-11-28(14-17)23(31)16-7-3-4-8-16/h13,16-17,26H,2-12,14-15H2,1H3/t17-/m1/s1. The molecule has 0 radical (unpaired) electrons. The molecule has 32 heavy (non-hydrogen) atoms. The number of rotatable bonds is 4. The normalized spacial score (nSPS) is 21.8. The van der Waals surface area contributed by atoms with E-state index in [0.717, 1.165) is 62.9 Å². The average molecular weight is 440 g/mol. The van der Waals surface area contributed by atoms with Crippen LogP contribution in [0.25, 0.3) is 5.65 Å². The van der Waals surface area contributed by atoms with Gasteiger partial charge in [0, 0.05) is 56.1 Å². The molecular formula is C24H33N5O3. The molecule has 1 atom stereocenters. The zero-order chi connectivity index (χ0) is 22.2. The number of carbonyl (C=O) groups is 2. The van der Waals surface area contributed by atoms with Crippen LogP contribution in [-0.4, -0.2) is 55.8 Å². The van der Waals surface area contributed by atoms with E-state index in [1.165, 1.54) is 4.52 Å². The van der Waals surface area contributed by atoms with Crippen LogP contribution in [0.2, 0.25) is 0 Å². The molecule has 0 unspecified atom stereocenters. The minimum Gasteiger partial charge on any atom is -0.342 e. The van der Waals surface area contributed by atoms with Gasteiger partial charge in [-0.05, 0) is 32.1 Å². The molecule has 0 bridgehead atoms. The van der Waals surface area contributed by atoms with Crippen molar-refractivity contribution in [1.82, 2.24) is 24.4 Å². The first-order valence-electron chi connectivity index (χ1n) is 12.2. The number of amides is 2. The van der Waals surface area contributed by atoms with Crippen molar-refractivity contribution in [2.24, 2.45) is 5.92 Å². The molecule has 4 heterocycles. The van der Waals surface area contributed by atoms with Gasteiger partial charge >= 0.3 is 0 Å². The van der Waals surface area contributed by atoms with Crippen LogP contribution in [0, 0.1) is 5.92 Å². The average Bonchev–Trinajstić information content (AvgIpc) is 3.49. The second kappa shape index (κ2) is 8.71. The van der Waals surface area contributed by atoms with E-state index in [4.69, 9.17) is 4.98 Å². The van der Waals surface area contributed by atoms with E-state index in [9.17, 15) is 14.4 Å². The molecular weight excluding hydrogens is 406 g/mol. The third-order valence-corrected chi connectivity index (χ3v) is 7.48. The third-order valence-electron chi connectivity index (χ3n) is 7.48. The number of carbonyl (C=O) groups excluding carboxylic acids is 2. The molecule has 1 saturated heterocycles. The van der Waals surface area contributed by atoms with Crippen LogP contribution < -0.4 is 5.56 Å². The van der Waals surface area contributed by atoms with Crippen LogP contribution in [0.3, 0.4) is 0 Å². The molecule has 0 aromatic carbocycles. The van der Waals surface area contributed by atoms with Gasteiger partial charge in [-0.1, -0.05) is 19.8 Å². The zero-order valence-electron chi connectivity index (χ0n) is 18.9. The Bertz CT molecular complexity index is 1080. The molecule has 2 amide bonds. The highest BCUT2D eigenvalue weighted by atomic mass is 16.2. The van der Waals surface area contributed by atoms with Crippen LogP contribution in [-0.2, 0) is 22.6 Å². The van der Waals surface area contributed by atoms with Gasteiger partial charge in [-0.3, -0.25) is 19.5 Å². The molecule has 172 valence electrons. The van der Waals surface area contributed by atoms with E-state index in [-0.39, 0.29) is 23.3 Å². The molecule has 2 aromatic heterocycles. The third kappa shape index (κ3) is 3.84. The van der Waals surface area contributed by atoms with Crippen molar-refractivity contribution in [3.63, 3.8) is 0 Å². The molecule has 1 saturated carbocycles. The second-order valence-electron chi connectivity index (χ2n) is 9.67. The number of hydrogen-bond acceptors (Lipinski definition) is 4. The number of fused-ring (bicyclic) bond motifs is 2. The molecule has 8 heteroatoms. The maximum absolute atomic E-state index is 13.2. The van der Waals surface area contributed by atoms with Crippen molar-refractivity contribution in [3.05, 3.63) is 33.4 Å². The first kappa shape index (κ1) is 21.2. The summed E-state index contributed by atoms with van der Waals surface area (Å²) in [5.74, 6) is 0.802. The summed E-state index contributed by atoms with van der Waals surface area (Å²) in [7, 11) is 0. The fourth-order valence-corrected chi connectivity index (χ4v) is 5.66. The summed E-state index contributed by atoms with van der Waals surface area (Å²) in [6, 6.07) is 1.98. The van der Waals surface area contributed by atoms with Gasteiger partial charge in [0.15, 0.2) is 5.65 Å². The van der Waals surface area contributed by atoms with Crippen molar-refractivity contribution in [2.75, 3.05) is 19.6 Å². The van der Waals surface area contributed by atoms with Gasteiger partial charge in [0.05, 0.1) is 17.8 Å². The van der Waals surface area contributed by atoms with Crippen LogP contribution in [0.5, 0.6) is 0 Å². The number of nitrogens with zero attached hydrogens (tertiary/aromatic N) is 4. The van der Waals surface area contributed by atoms with Gasteiger partial charge in [-0.25, -0.2) is 9.50 Å². The molecule has 2 aliphatic heterocycles. The summed E-state index contributed by atoms with van der Waals surface area (Å²) in [5.41, 5.74) is 2.92. The van der Waals surface area contributed by atoms with Crippen molar-refractivity contribution < 1.29 is 9.59 Å². The van der Waals surface area contributed by atoms with Crippen molar-refractivity contribution in [3.8, 4) is 0 Å². The lowest BCUT2D eigenvalue weighted by Crippen LogP contribution is -2.42. The smallest absolute Gasteiger partial charge is 0.277 e. The zero-order valence-corrected chi connectivity index (χ0v) is 18.9. The summed E-state index contributed by atoms with van der Waals surface area (Å²) in [4.78, 5) is 47.1. The maximum Gasteiger partial charge on any atom is 0.277 e. The highest BCUT2D eigenvalue weighted by Crippen LogP contribution is 2.31. The van der Waals surface area contributed by atoms with E-state index in [0.29, 0.717) is 49.6 Å².